The van der Waals surface area contributed by atoms with Crippen molar-refractivity contribution in [1.82, 2.24) is 0 Å². The maximum absolute atomic E-state index is 2.47. The van der Waals surface area contributed by atoms with Gasteiger partial charge in [-0.05, 0) is 47.2 Å². The summed E-state index contributed by atoms with van der Waals surface area (Å²) >= 11 is 2.47. The molecular formula is C25H23I. The lowest BCUT2D eigenvalue weighted by Crippen LogP contribution is -1.95. The van der Waals surface area contributed by atoms with Gasteiger partial charge in [-0.3, -0.25) is 0 Å². The molecule has 0 aliphatic carbocycles. The standard InChI is InChI=1S/C25H23I/c1-3-4-10-25(19(2)26)24-17-15-23(16-18-24)22-13-11-21(12-14-22)20-8-6-5-7-9-20/h3-19H,1-2H3/b4-3-,25-10+. The second kappa shape index (κ2) is 9.00. The lowest BCUT2D eigenvalue weighted by molar-refractivity contribution is 1.31. The van der Waals surface area contributed by atoms with Crippen LogP contribution in [-0.4, -0.2) is 3.92 Å². The van der Waals surface area contributed by atoms with Crippen molar-refractivity contribution in [2.75, 3.05) is 0 Å². The van der Waals surface area contributed by atoms with Crippen molar-refractivity contribution < 1.29 is 0 Å². The van der Waals surface area contributed by atoms with Gasteiger partial charge < -0.3 is 0 Å². The lowest BCUT2D eigenvalue weighted by Gasteiger charge is -2.11. The minimum atomic E-state index is 0.472. The molecule has 26 heavy (non-hydrogen) atoms. The molecule has 3 aromatic carbocycles. The zero-order valence-electron chi connectivity index (χ0n) is 15.2. The Morgan fingerprint density at radius 2 is 1.19 bits per heavy atom. The van der Waals surface area contributed by atoms with Crippen molar-refractivity contribution in [2.24, 2.45) is 0 Å². The predicted molar refractivity (Wildman–Crippen MR) is 124 cm³/mol. The van der Waals surface area contributed by atoms with E-state index in [-0.39, 0.29) is 0 Å². The predicted octanol–water partition coefficient (Wildman–Crippen LogP) is 7.80. The minimum Gasteiger partial charge on any atom is -0.0877 e. The molecule has 0 spiro atoms. The Morgan fingerprint density at radius 1 is 0.731 bits per heavy atom. The second-order valence-electron chi connectivity index (χ2n) is 6.28. The van der Waals surface area contributed by atoms with Gasteiger partial charge >= 0.3 is 0 Å². The van der Waals surface area contributed by atoms with Gasteiger partial charge in [0.15, 0.2) is 0 Å². The zero-order chi connectivity index (χ0) is 18.4. The molecule has 0 saturated carbocycles. The van der Waals surface area contributed by atoms with Crippen LogP contribution in [0.25, 0.3) is 27.8 Å². The molecule has 0 heterocycles. The van der Waals surface area contributed by atoms with Crippen molar-refractivity contribution in [1.29, 1.82) is 0 Å². The molecule has 0 bridgehead atoms. The van der Waals surface area contributed by atoms with Crippen molar-refractivity contribution in [3.8, 4) is 22.3 Å². The fourth-order valence-corrected chi connectivity index (χ4v) is 3.57. The molecule has 0 saturated heterocycles. The van der Waals surface area contributed by atoms with Crippen LogP contribution in [-0.2, 0) is 0 Å². The van der Waals surface area contributed by atoms with Crippen LogP contribution in [0.15, 0.2) is 97.1 Å². The summed E-state index contributed by atoms with van der Waals surface area (Å²) in [5.41, 5.74) is 7.65. The molecule has 3 aromatic rings. The molecule has 0 fully saturated rings. The number of benzene rings is 3. The summed E-state index contributed by atoms with van der Waals surface area (Å²) in [7, 11) is 0. The number of alkyl halides is 1. The summed E-state index contributed by atoms with van der Waals surface area (Å²) < 4.78 is 0.472. The van der Waals surface area contributed by atoms with Crippen LogP contribution in [0, 0.1) is 0 Å². The normalized spacial score (nSPS) is 13.1. The molecule has 0 nitrogen and oxygen atoms in total. The summed E-state index contributed by atoms with van der Waals surface area (Å²) in [5.74, 6) is 0. The molecule has 1 heteroatoms. The third-order valence-electron chi connectivity index (χ3n) is 4.44. The van der Waals surface area contributed by atoms with Gasteiger partial charge in [0, 0.05) is 3.92 Å². The average molecular weight is 450 g/mol. The number of rotatable bonds is 5. The SMILES string of the molecule is C/C=C\C=C(\c1ccc(-c2ccc(-c3ccccc3)cc2)cc1)C(C)I. The Balaban J connectivity index is 1.84. The van der Waals surface area contributed by atoms with Crippen LogP contribution in [0.3, 0.4) is 0 Å². The van der Waals surface area contributed by atoms with E-state index in [1.165, 1.54) is 33.4 Å². The van der Waals surface area contributed by atoms with Crippen LogP contribution in [0.1, 0.15) is 19.4 Å². The highest BCUT2D eigenvalue weighted by Gasteiger charge is 2.07. The first-order valence-corrected chi connectivity index (χ1v) is 10.2. The molecule has 3 rings (SSSR count). The molecule has 0 aliphatic heterocycles. The topological polar surface area (TPSA) is 0 Å². The maximum Gasteiger partial charge on any atom is 0.0337 e. The Hall–Kier alpha value is -2.13. The third kappa shape index (κ3) is 4.53. The van der Waals surface area contributed by atoms with Crippen LogP contribution >= 0.6 is 22.6 Å². The van der Waals surface area contributed by atoms with E-state index in [0.29, 0.717) is 3.92 Å². The van der Waals surface area contributed by atoms with Crippen LogP contribution in [0.4, 0.5) is 0 Å². The number of allylic oxidation sites excluding steroid dienone is 4. The van der Waals surface area contributed by atoms with Gasteiger partial charge in [0.1, 0.15) is 0 Å². The van der Waals surface area contributed by atoms with E-state index < -0.39 is 0 Å². The summed E-state index contributed by atoms with van der Waals surface area (Å²) in [5, 5.41) is 0. The smallest absolute Gasteiger partial charge is 0.0337 e. The van der Waals surface area contributed by atoms with Crippen molar-refractivity contribution in [2.45, 2.75) is 17.8 Å². The Bertz CT molecular complexity index is 883. The van der Waals surface area contributed by atoms with E-state index in [4.69, 9.17) is 0 Å². The maximum atomic E-state index is 2.47. The summed E-state index contributed by atoms with van der Waals surface area (Å²) in [6, 6.07) is 28.2. The molecule has 130 valence electrons. The summed E-state index contributed by atoms with van der Waals surface area (Å²) in [6.45, 7) is 4.28. The molecular weight excluding hydrogens is 427 g/mol. The zero-order valence-corrected chi connectivity index (χ0v) is 17.4. The number of hydrogen-bond acceptors (Lipinski definition) is 0. The monoisotopic (exact) mass is 450 g/mol. The second-order valence-corrected chi connectivity index (χ2v) is 8.15. The largest absolute Gasteiger partial charge is 0.0877 e. The van der Waals surface area contributed by atoms with E-state index >= 15 is 0 Å². The van der Waals surface area contributed by atoms with E-state index in [9.17, 15) is 0 Å². The molecule has 1 atom stereocenters. The van der Waals surface area contributed by atoms with Gasteiger partial charge in [0.25, 0.3) is 0 Å². The average Bonchev–Trinajstić information content (AvgIpc) is 2.69. The van der Waals surface area contributed by atoms with Gasteiger partial charge in [0.05, 0.1) is 0 Å². The molecule has 1 unspecified atom stereocenters. The van der Waals surface area contributed by atoms with E-state index in [0.717, 1.165) is 0 Å². The van der Waals surface area contributed by atoms with Gasteiger partial charge in [-0.15, -0.1) is 0 Å². The quantitative estimate of drug-likeness (QED) is 0.211. The van der Waals surface area contributed by atoms with E-state index in [1.807, 2.05) is 6.92 Å². The minimum absolute atomic E-state index is 0.472. The first-order chi connectivity index (χ1) is 12.7. The number of hydrogen-bond donors (Lipinski definition) is 0. The van der Waals surface area contributed by atoms with Crippen molar-refractivity contribution in [3.63, 3.8) is 0 Å². The summed E-state index contributed by atoms with van der Waals surface area (Å²) in [4.78, 5) is 0. The van der Waals surface area contributed by atoms with Gasteiger partial charge in [-0.2, -0.15) is 0 Å². The van der Waals surface area contributed by atoms with Gasteiger partial charge in [0.2, 0.25) is 0 Å². The van der Waals surface area contributed by atoms with E-state index in [2.05, 4.69) is 127 Å². The number of halogens is 1. The Kier molecular flexibility index (Phi) is 6.45. The first kappa shape index (κ1) is 18.7. The Morgan fingerprint density at radius 3 is 1.65 bits per heavy atom. The van der Waals surface area contributed by atoms with Crippen molar-refractivity contribution >= 4 is 28.2 Å². The molecule has 0 N–H and O–H groups in total. The molecule has 0 aromatic heterocycles. The first-order valence-electron chi connectivity index (χ1n) is 8.92. The van der Waals surface area contributed by atoms with Gasteiger partial charge in [-0.25, -0.2) is 0 Å². The summed E-state index contributed by atoms with van der Waals surface area (Å²) in [6.07, 6.45) is 6.39. The highest BCUT2D eigenvalue weighted by Crippen LogP contribution is 2.28. The highest BCUT2D eigenvalue weighted by molar-refractivity contribution is 14.1. The van der Waals surface area contributed by atoms with E-state index in [1.54, 1.807) is 0 Å². The molecule has 0 aliphatic rings. The third-order valence-corrected chi connectivity index (χ3v) is 5.11. The van der Waals surface area contributed by atoms with Crippen LogP contribution in [0.5, 0.6) is 0 Å². The van der Waals surface area contributed by atoms with Crippen LogP contribution in [0.2, 0.25) is 0 Å². The van der Waals surface area contributed by atoms with Gasteiger partial charge in [-0.1, -0.05) is 120 Å². The van der Waals surface area contributed by atoms with Crippen molar-refractivity contribution in [3.05, 3.63) is 103 Å². The Labute approximate surface area is 170 Å². The molecule has 0 amide bonds. The molecule has 0 radical (unpaired) electrons. The highest BCUT2D eigenvalue weighted by atomic mass is 127. The fraction of sp³-hybridized carbons (Fsp3) is 0.120. The lowest BCUT2D eigenvalue weighted by atomic mass is 9.97. The van der Waals surface area contributed by atoms with Crippen LogP contribution < -0.4 is 0 Å². The fourth-order valence-electron chi connectivity index (χ4n) is 3.00.